The Bertz CT molecular complexity index is 80.6. The fraction of sp³-hybridized carbons (Fsp3) is 0.833. The van der Waals surface area contributed by atoms with Gasteiger partial charge in [0.25, 0.3) is 0 Å². The van der Waals surface area contributed by atoms with Crippen molar-refractivity contribution in [2.24, 2.45) is 5.92 Å². The van der Waals surface area contributed by atoms with E-state index in [0.717, 1.165) is 6.42 Å². The molecule has 0 saturated heterocycles. The van der Waals surface area contributed by atoms with Crippen LogP contribution in [0.5, 0.6) is 0 Å². The van der Waals surface area contributed by atoms with Crippen LogP contribution in [0.3, 0.4) is 0 Å². The van der Waals surface area contributed by atoms with Crippen LogP contribution in [0.1, 0.15) is 20.3 Å². The topological polar surface area (TPSA) is 17.1 Å². The van der Waals surface area contributed by atoms with Gasteiger partial charge in [-0.05, 0) is 0 Å². The van der Waals surface area contributed by atoms with Gasteiger partial charge in [0.15, 0.2) is 0 Å². The van der Waals surface area contributed by atoms with Crippen molar-refractivity contribution in [2.45, 2.75) is 18.1 Å². The first-order valence-corrected chi connectivity index (χ1v) is 7.60. The second-order valence-electron chi connectivity index (χ2n) is 2.42. The molecule has 0 fully saturated rings. The molecule has 0 saturated carbocycles. The van der Waals surface area contributed by atoms with E-state index in [0.29, 0.717) is 77.6 Å². The van der Waals surface area contributed by atoms with Crippen molar-refractivity contribution < 1.29 is 4.79 Å². The third-order valence-corrected chi connectivity index (χ3v) is 5.71. The normalized spacial score (nSPS) is 13.5. The second kappa shape index (κ2) is 5.50. The molecule has 8 heavy (non-hydrogen) atoms. The molecule has 0 aromatic rings. The summed E-state index contributed by atoms with van der Waals surface area (Å²) in [5.74, 6) is 1.02. The van der Waals surface area contributed by atoms with Gasteiger partial charge in [-0.2, -0.15) is 0 Å². The van der Waals surface area contributed by atoms with Crippen molar-refractivity contribution in [1.29, 1.82) is 0 Å². The van der Waals surface area contributed by atoms with Crippen molar-refractivity contribution in [1.82, 2.24) is 0 Å². The average molecular weight is 232 g/mol. The van der Waals surface area contributed by atoms with Crippen LogP contribution in [0, 0.1) is 5.92 Å². The molecule has 0 amide bonds. The van der Waals surface area contributed by atoms with Gasteiger partial charge in [0.05, 0.1) is 0 Å². The Morgan fingerprint density at radius 1 is 1.75 bits per heavy atom. The Balaban J connectivity index is 3.24. The van der Waals surface area contributed by atoms with Gasteiger partial charge in [-0.3, -0.25) is 0 Å². The molecule has 0 aliphatic rings. The summed E-state index contributed by atoms with van der Waals surface area (Å²) in [5, 5.41) is 0. The summed E-state index contributed by atoms with van der Waals surface area (Å²) in [5.41, 5.74) is 0. The molecule has 0 aromatic heterocycles. The van der Waals surface area contributed by atoms with Gasteiger partial charge >= 0.3 is 101 Å². The van der Waals surface area contributed by atoms with Gasteiger partial charge in [-0.15, -0.1) is 0 Å². The van der Waals surface area contributed by atoms with E-state index in [2.05, 4.69) is 6.92 Å². The summed E-state index contributed by atoms with van der Waals surface area (Å²) >= 11 is 0.699. The maximum atomic E-state index is 10.4. The number of ketones is 1. The number of Topliss-reactive ketones (excluding diaryl/α,β-unsaturated/α-hetero) is 1. The van der Waals surface area contributed by atoms with Crippen molar-refractivity contribution in [3.05, 3.63) is 0 Å². The molecule has 0 bridgehead atoms. The molecule has 0 aliphatic carbocycles. The first-order chi connectivity index (χ1) is 3.66. The van der Waals surface area contributed by atoms with Crippen molar-refractivity contribution in [2.75, 3.05) is 0 Å². The third kappa shape index (κ3) is 5.85. The summed E-state index contributed by atoms with van der Waals surface area (Å²) < 4.78 is 1.33. The Morgan fingerprint density at radius 2 is 2.25 bits per heavy atom. The molecule has 2 heteroatoms. The molecule has 42 valence electrons. The van der Waals surface area contributed by atoms with E-state index < -0.39 is 0 Å². The average Bonchev–Trinajstić information content (AvgIpc) is 1.65. The van der Waals surface area contributed by atoms with Gasteiger partial charge in [-0.1, -0.05) is 0 Å². The number of rotatable bonds is 3. The van der Waals surface area contributed by atoms with Crippen LogP contribution in [0.15, 0.2) is 0 Å². The van der Waals surface area contributed by atoms with Gasteiger partial charge in [0, 0.05) is 0 Å². The quantitative estimate of drug-likeness (QED) is 0.714. The SMILES string of the molecule is CC(=O)CC(C)[CH2][Cs]. The molecule has 0 spiro atoms. The zero-order valence-electron chi connectivity index (χ0n) is 5.90. The van der Waals surface area contributed by atoms with Crippen LogP contribution < -0.4 is 0 Å². The van der Waals surface area contributed by atoms with Crippen LogP contribution in [0.2, 0.25) is -2.15 Å². The number of carbonyl (C=O) groups excluding carboxylic acids is 1. The van der Waals surface area contributed by atoms with Crippen molar-refractivity contribution in [3.63, 3.8) is 0 Å². The molecule has 1 atom stereocenters. The Kier molecular flexibility index (Phi) is 6.69. The maximum absolute atomic E-state index is 10.4. The summed E-state index contributed by atoms with van der Waals surface area (Å²) in [6.07, 6.45) is 0.802. The third-order valence-electron chi connectivity index (χ3n) is 1.33. The van der Waals surface area contributed by atoms with Crippen LogP contribution in [-0.4, -0.2) is 71.7 Å². The summed E-state index contributed by atoms with van der Waals surface area (Å²) in [6, 6.07) is 0. The fourth-order valence-electron chi connectivity index (χ4n) is 0.635. The van der Waals surface area contributed by atoms with Gasteiger partial charge in [-0.25, -0.2) is 0 Å². The van der Waals surface area contributed by atoms with Crippen molar-refractivity contribution in [3.8, 4) is 0 Å². The monoisotopic (exact) mass is 232 g/mol. The minimum absolute atomic E-state index is 0.341. The number of hydrogen-bond donors (Lipinski definition) is 0. The van der Waals surface area contributed by atoms with Crippen LogP contribution in [-0.2, 0) is 4.79 Å². The molecule has 0 N–H and O–H groups in total. The Morgan fingerprint density at radius 3 is 2.38 bits per heavy atom. The number of hydrogen-bond acceptors (Lipinski definition) is 1. The van der Waals surface area contributed by atoms with E-state index in [4.69, 9.17) is 0 Å². The summed E-state index contributed by atoms with van der Waals surface area (Å²) in [6.45, 7) is 3.82. The Labute approximate surface area is 98.0 Å². The molecular weight excluding hydrogens is 221 g/mol. The zero-order valence-corrected chi connectivity index (χ0v) is 12.2. The van der Waals surface area contributed by atoms with Crippen molar-refractivity contribution >= 4 is 71.7 Å². The molecule has 0 radical (unpaired) electrons. The van der Waals surface area contributed by atoms with E-state index in [1.54, 1.807) is 6.92 Å². The molecule has 1 unspecified atom stereocenters. The van der Waals surface area contributed by atoms with Gasteiger partial charge in [0.1, 0.15) is 0 Å². The molecule has 0 aromatic carbocycles. The van der Waals surface area contributed by atoms with E-state index >= 15 is 0 Å². The molecule has 0 rings (SSSR count). The van der Waals surface area contributed by atoms with E-state index in [-0.39, 0.29) is 0 Å². The molecule has 0 heterocycles. The predicted octanol–water partition coefficient (Wildman–Crippen LogP) is 1.19. The van der Waals surface area contributed by atoms with Gasteiger partial charge in [0.2, 0.25) is 0 Å². The van der Waals surface area contributed by atoms with E-state index in [1.165, 1.54) is -2.15 Å². The van der Waals surface area contributed by atoms with E-state index in [9.17, 15) is 4.79 Å². The van der Waals surface area contributed by atoms with E-state index in [1.807, 2.05) is 0 Å². The van der Waals surface area contributed by atoms with Crippen LogP contribution in [0.4, 0.5) is 0 Å². The standard InChI is InChI=1S/C6H11O.Cs/c1-5(2)4-6(3)7;/h5H,1,4H2,2-3H3;. The fourth-order valence-corrected chi connectivity index (χ4v) is 1.54. The molecular formula is C6H11CsO. The second-order valence-corrected chi connectivity index (χ2v) is 4.98. The van der Waals surface area contributed by atoms with Crippen LogP contribution >= 0.6 is 0 Å². The summed E-state index contributed by atoms with van der Waals surface area (Å²) in [7, 11) is 0. The molecule has 1 nitrogen and oxygen atoms in total. The van der Waals surface area contributed by atoms with Gasteiger partial charge < -0.3 is 0 Å². The minimum atomic E-state index is 0.341. The number of carbonyl (C=O) groups is 1. The first kappa shape index (κ1) is 9.72. The first-order valence-electron chi connectivity index (χ1n) is 3.16. The zero-order chi connectivity index (χ0) is 6.57. The predicted molar refractivity (Wildman–Crippen MR) is 35.0 cm³/mol. The summed E-state index contributed by atoms with van der Waals surface area (Å²) in [4.78, 5) is 10.4. The Hall–Kier alpha value is 1.72. The van der Waals surface area contributed by atoms with Crippen LogP contribution in [0.25, 0.3) is 0 Å². The molecule has 0 aliphatic heterocycles.